The van der Waals surface area contributed by atoms with Gasteiger partial charge in [-0.2, -0.15) is 0 Å². The second-order valence-electron chi connectivity index (χ2n) is 4.65. The van der Waals surface area contributed by atoms with Gasteiger partial charge in [-0.05, 0) is 0 Å². The van der Waals surface area contributed by atoms with Crippen LogP contribution in [0.3, 0.4) is 0 Å². The summed E-state index contributed by atoms with van der Waals surface area (Å²) in [6, 6.07) is 0. The van der Waals surface area contributed by atoms with Gasteiger partial charge in [0, 0.05) is 6.42 Å². The number of hydrogen-bond donors (Lipinski definition) is 4. The molecule has 1 aromatic rings. The van der Waals surface area contributed by atoms with E-state index in [2.05, 4.69) is 15.3 Å². The molecular weight excluding hydrogens is 252 g/mol. The molecule has 0 radical (unpaired) electrons. The maximum atomic E-state index is 9.89. The molecule has 0 spiro atoms. The van der Waals surface area contributed by atoms with Gasteiger partial charge in [-0.1, -0.05) is 0 Å². The van der Waals surface area contributed by atoms with Gasteiger partial charge in [0.25, 0.3) is 0 Å². The molecule has 0 saturated carbocycles. The molecule has 1 aromatic heterocycles. The highest BCUT2D eigenvalue weighted by Gasteiger charge is 2.36. The summed E-state index contributed by atoms with van der Waals surface area (Å²) in [5, 5.41) is 31.7. The summed E-state index contributed by atoms with van der Waals surface area (Å²) >= 11 is 0. The van der Waals surface area contributed by atoms with Crippen LogP contribution in [0.4, 0.5) is 5.82 Å². The van der Waals surface area contributed by atoms with Crippen LogP contribution in [0.15, 0.2) is 11.3 Å². The summed E-state index contributed by atoms with van der Waals surface area (Å²) in [5.41, 5.74) is 0.503. The average Bonchev–Trinajstić information content (AvgIpc) is 2.93. The van der Waals surface area contributed by atoms with Crippen molar-refractivity contribution in [1.29, 1.82) is 0 Å². The van der Waals surface area contributed by atoms with Crippen molar-refractivity contribution >= 4 is 12.2 Å². The lowest BCUT2D eigenvalue weighted by Crippen LogP contribution is -2.24. The molecule has 3 heterocycles. The molecule has 0 aliphatic carbocycles. The van der Waals surface area contributed by atoms with E-state index in [-0.39, 0.29) is 13.2 Å². The Kier molecular flexibility index (Phi) is 3.23. The largest absolute Gasteiger partial charge is 0.394 e. The van der Waals surface area contributed by atoms with Crippen molar-refractivity contribution < 1.29 is 20.1 Å². The molecule has 1 fully saturated rings. The number of aliphatic hydroxyl groups excluding tert-OH is 3. The van der Waals surface area contributed by atoms with Gasteiger partial charge in [-0.3, -0.25) is 9.56 Å². The Balaban J connectivity index is 1.89. The van der Waals surface area contributed by atoms with Crippen molar-refractivity contribution in [2.45, 2.75) is 31.0 Å². The summed E-state index contributed by atoms with van der Waals surface area (Å²) in [5.74, 6) is 0.601. The van der Waals surface area contributed by atoms with Gasteiger partial charge in [0.1, 0.15) is 29.9 Å². The third kappa shape index (κ3) is 2.12. The smallest absolute Gasteiger partial charge is 0.139 e. The van der Waals surface area contributed by atoms with Crippen LogP contribution in [0.1, 0.15) is 24.4 Å². The van der Waals surface area contributed by atoms with E-state index in [9.17, 15) is 10.2 Å². The second-order valence-corrected chi connectivity index (χ2v) is 4.65. The topological polar surface area (TPSA) is 112 Å². The van der Waals surface area contributed by atoms with Gasteiger partial charge in [0.15, 0.2) is 0 Å². The third-order valence-electron chi connectivity index (χ3n) is 3.40. The van der Waals surface area contributed by atoms with E-state index in [4.69, 9.17) is 9.84 Å². The van der Waals surface area contributed by atoms with Crippen LogP contribution in [-0.4, -0.2) is 56.6 Å². The standard InChI is InChI=1S/C11H16N4O4/c16-3-8-6(17)1-9(19-8)15-5-14-10-7(18)2-12-4-13-11(10)15/h4-9,16-18H,1-3H2,(H,12,13)/t6-,7?,8+,9?/m0/s1. The highest BCUT2D eigenvalue weighted by molar-refractivity contribution is 5.76. The van der Waals surface area contributed by atoms with Gasteiger partial charge in [-0.15, -0.1) is 0 Å². The maximum Gasteiger partial charge on any atom is 0.139 e. The first kappa shape index (κ1) is 12.5. The summed E-state index contributed by atoms with van der Waals surface area (Å²) in [6.45, 7) is 0.0243. The number of aliphatic hydroxyl groups is 3. The van der Waals surface area contributed by atoms with E-state index in [1.165, 1.54) is 6.34 Å². The predicted molar refractivity (Wildman–Crippen MR) is 65.8 cm³/mol. The van der Waals surface area contributed by atoms with E-state index in [0.717, 1.165) is 0 Å². The molecular formula is C11H16N4O4. The lowest BCUT2D eigenvalue weighted by Gasteiger charge is -2.16. The minimum Gasteiger partial charge on any atom is -0.394 e. The molecule has 4 N–H and O–H groups in total. The van der Waals surface area contributed by atoms with Crippen molar-refractivity contribution in [3.05, 3.63) is 12.0 Å². The first-order chi connectivity index (χ1) is 9.20. The average molecular weight is 268 g/mol. The molecule has 1 saturated heterocycles. The number of nitrogens with zero attached hydrogens (tertiary/aromatic N) is 3. The third-order valence-corrected chi connectivity index (χ3v) is 3.40. The van der Waals surface area contributed by atoms with Crippen molar-refractivity contribution in [3.8, 4) is 0 Å². The Morgan fingerprint density at radius 1 is 1.47 bits per heavy atom. The molecule has 0 aromatic carbocycles. The number of fused-ring (bicyclic) bond motifs is 1. The Bertz CT molecular complexity index is 489. The van der Waals surface area contributed by atoms with Crippen molar-refractivity contribution in [2.75, 3.05) is 18.5 Å². The fourth-order valence-corrected chi connectivity index (χ4v) is 2.38. The summed E-state index contributed by atoms with van der Waals surface area (Å²) in [7, 11) is 0. The van der Waals surface area contributed by atoms with Crippen molar-refractivity contribution in [1.82, 2.24) is 9.55 Å². The van der Waals surface area contributed by atoms with E-state index in [1.54, 1.807) is 10.9 Å². The monoisotopic (exact) mass is 268 g/mol. The van der Waals surface area contributed by atoms with Crippen LogP contribution >= 0.6 is 0 Å². The molecule has 2 aliphatic rings. The van der Waals surface area contributed by atoms with Gasteiger partial charge in [0.2, 0.25) is 0 Å². The first-order valence-electron chi connectivity index (χ1n) is 6.14. The number of anilines is 1. The number of aromatic nitrogens is 2. The molecule has 3 rings (SSSR count). The molecule has 8 heteroatoms. The minimum atomic E-state index is -0.762. The van der Waals surface area contributed by atoms with Crippen LogP contribution in [0.2, 0.25) is 0 Å². The fraction of sp³-hybridized carbons (Fsp3) is 0.636. The molecule has 8 nitrogen and oxygen atoms in total. The Labute approximate surface area is 109 Å². The molecule has 104 valence electrons. The molecule has 0 amide bonds. The molecule has 2 aliphatic heterocycles. The van der Waals surface area contributed by atoms with Gasteiger partial charge in [-0.25, -0.2) is 4.98 Å². The number of nitrogens with one attached hydrogen (secondary N) is 1. The second kappa shape index (κ2) is 4.89. The molecule has 0 bridgehead atoms. The normalized spacial score (nSPS) is 33.8. The zero-order chi connectivity index (χ0) is 13.4. The van der Waals surface area contributed by atoms with Crippen LogP contribution in [0.5, 0.6) is 0 Å². The van der Waals surface area contributed by atoms with Gasteiger partial charge >= 0.3 is 0 Å². The van der Waals surface area contributed by atoms with Gasteiger partial charge in [0.05, 0.1) is 31.9 Å². The summed E-state index contributed by atoms with van der Waals surface area (Å²) in [4.78, 5) is 8.15. The van der Waals surface area contributed by atoms with Gasteiger partial charge < -0.3 is 25.4 Å². The number of aliphatic imine (C=N–C) groups is 1. The lowest BCUT2D eigenvalue weighted by molar-refractivity contribution is -0.0437. The summed E-state index contributed by atoms with van der Waals surface area (Å²) in [6.07, 6.45) is 0.935. The zero-order valence-corrected chi connectivity index (χ0v) is 10.2. The lowest BCUT2D eigenvalue weighted by atomic mass is 10.2. The SMILES string of the molecule is OC[C@H]1OC(n2cnc3c2NC=NCC3O)C[C@@H]1O. The number of imidazole rings is 1. The number of hydrogen-bond acceptors (Lipinski definition) is 7. The minimum absolute atomic E-state index is 0.230. The summed E-state index contributed by atoms with van der Waals surface area (Å²) < 4.78 is 7.27. The Morgan fingerprint density at radius 2 is 2.32 bits per heavy atom. The zero-order valence-electron chi connectivity index (χ0n) is 10.2. The molecule has 4 atom stereocenters. The highest BCUT2D eigenvalue weighted by atomic mass is 16.5. The highest BCUT2D eigenvalue weighted by Crippen LogP contribution is 2.34. The van der Waals surface area contributed by atoms with Crippen molar-refractivity contribution in [2.24, 2.45) is 4.99 Å². The maximum absolute atomic E-state index is 9.89. The quantitative estimate of drug-likeness (QED) is 0.548. The number of rotatable bonds is 2. The van der Waals surface area contributed by atoms with Crippen molar-refractivity contribution in [3.63, 3.8) is 0 Å². The first-order valence-corrected chi connectivity index (χ1v) is 6.14. The van der Waals surface area contributed by atoms with E-state index < -0.39 is 24.5 Å². The van der Waals surface area contributed by atoms with Crippen LogP contribution in [0, 0.1) is 0 Å². The fourth-order valence-electron chi connectivity index (χ4n) is 2.38. The van der Waals surface area contributed by atoms with E-state index >= 15 is 0 Å². The van der Waals surface area contributed by atoms with E-state index in [1.807, 2.05) is 0 Å². The Morgan fingerprint density at radius 3 is 3.05 bits per heavy atom. The molecule has 2 unspecified atom stereocenters. The van der Waals surface area contributed by atoms with E-state index in [0.29, 0.717) is 17.9 Å². The van der Waals surface area contributed by atoms with Crippen LogP contribution in [-0.2, 0) is 4.74 Å². The predicted octanol–water partition coefficient (Wildman–Crippen LogP) is -0.989. The van der Waals surface area contributed by atoms with Crippen LogP contribution < -0.4 is 5.32 Å². The Hall–Kier alpha value is -1.48. The van der Waals surface area contributed by atoms with Crippen LogP contribution in [0.25, 0.3) is 0 Å². The number of ether oxygens (including phenoxy) is 1. The molecule has 19 heavy (non-hydrogen) atoms.